The predicted molar refractivity (Wildman–Crippen MR) is 109 cm³/mol. The highest BCUT2D eigenvalue weighted by atomic mass is 16.5. The van der Waals surface area contributed by atoms with E-state index in [-0.39, 0.29) is 12.3 Å². The molecule has 0 saturated carbocycles. The van der Waals surface area contributed by atoms with E-state index >= 15 is 0 Å². The average molecular weight is 358 g/mol. The molecule has 0 saturated heterocycles. The second-order valence-corrected chi connectivity index (χ2v) is 6.58. The average Bonchev–Trinajstić information content (AvgIpc) is 3.13. The molecule has 3 aromatic rings. The third kappa shape index (κ3) is 3.51. The Kier molecular flexibility index (Phi) is 4.79. The number of anilines is 3. The molecule has 4 rings (SSSR count). The largest absolute Gasteiger partial charge is 0.496 e. The first kappa shape index (κ1) is 17.2. The Balaban J connectivity index is 1.56. The second-order valence-electron chi connectivity index (χ2n) is 6.58. The van der Waals surface area contributed by atoms with Gasteiger partial charge in [0.15, 0.2) is 0 Å². The number of benzene rings is 3. The summed E-state index contributed by atoms with van der Waals surface area (Å²) < 4.78 is 5.35. The molecule has 4 heteroatoms. The van der Waals surface area contributed by atoms with Gasteiger partial charge in [0, 0.05) is 17.8 Å². The number of carbonyl (C=O) groups is 1. The van der Waals surface area contributed by atoms with Crippen molar-refractivity contribution in [2.24, 2.45) is 0 Å². The number of carbonyl (C=O) groups excluding carboxylic acids is 1. The molecule has 0 spiro atoms. The molecule has 1 heterocycles. The highest BCUT2D eigenvalue weighted by molar-refractivity contribution is 5.96. The van der Waals surface area contributed by atoms with Crippen LogP contribution in [0.5, 0.6) is 5.75 Å². The van der Waals surface area contributed by atoms with Crippen molar-refractivity contribution >= 4 is 23.0 Å². The molecule has 27 heavy (non-hydrogen) atoms. The van der Waals surface area contributed by atoms with E-state index in [0.717, 1.165) is 35.7 Å². The fourth-order valence-electron chi connectivity index (χ4n) is 3.62. The molecular formula is C23H22N2O2. The summed E-state index contributed by atoms with van der Waals surface area (Å²) in [6.07, 6.45) is 1.29. The van der Waals surface area contributed by atoms with Crippen LogP contribution >= 0.6 is 0 Å². The Labute approximate surface area is 159 Å². The van der Waals surface area contributed by atoms with E-state index in [1.54, 1.807) is 7.11 Å². The lowest BCUT2D eigenvalue weighted by molar-refractivity contribution is -0.115. The van der Waals surface area contributed by atoms with Crippen LogP contribution in [0.15, 0.2) is 72.8 Å². The van der Waals surface area contributed by atoms with Gasteiger partial charge in [-0.3, -0.25) is 4.79 Å². The monoisotopic (exact) mass is 358 g/mol. The molecular weight excluding hydrogens is 336 g/mol. The van der Waals surface area contributed by atoms with Gasteiger partial charge in [0.2, 0.25) is 5.91 Å². The van der Waals surface area contributed by atoms with Crippen molar-refractivity contribution in [1.82, 2.24) is 0 Å². The molecule has 1 aliphatic rings. The van der Waals surface area contributed by atoms with Crippen molar-refractivity contribution in [3.05, 3.63) is 83.9 Å². The van der Waals surface area contributed by atoms with Gasteiger partial charge in [-0.25, -0.2) is 0 Å². The SMILES string of the molecule is COc1ccccc1CC(=O)Nc1ccccc1N1CCc2ccccc21. The normalized spacial score (nSPS) is 12.6. The maximum atomic E-state index is 12.7. The summed E-state index contributed by atoms with van der Waals surface area (Å²) in [5, 5.41) is 3.08. The van der Waals surface area contributed by atoms with Crippen molar-refractivity contribution in [3.63, 3.8) is 0 Å². The van der Waals surface area contributed by atoms with Gasteiger partial charge < -0.3 is 15.0 Å². The van der Waals surface area contributed by atoms with Gasteiger partial charge in [-0.1, -0.05) is 48.5 Å². The maximum absolute atomic E-state index is 12.7. The van der Waals surface area contributed by atoms with Gasteiger partial charge in [0.1, 0.15) is 5.75 Å². The minimum absolute atomic E-state index is 0.0561. The van der Waals surface area contributed by atoms with Crippen molar-refractivity contribution in [2.45, 2.75) is 12.8 Å². The van der Waals surface area contributed by atoms with Crippen LogP contribution < -0.4 is 15.0 Å². The van der Waals surface area contributed by atoms with Crippen molar-refractivity contribution in [3.8, 4) is 5.75 Å². The standard InChI is InChI=1S/C23H22N2O2/c1-27-22-13-7-3-9-18(22)16-23(26)24-19-10-4-6-12-21(19)25-15-14-17-8-2-5-11-20(17)25/h2-13H,14-16H2,1H3,(H,24,26). The number of hydrogen-bond acceptors (Lipinski definition) is 3. The van der Waals surface area contributed by atoms with Crippen LogP contribution in [0.1, 0.15) is 11.1 Å². The maximum Gasteiger partial charge on any atom is 0.228 e. The van der Waals surface area contributed by atoms with Crippen LogP contribution in [0.3, 0.4) is 0 Å². The Bertz CT molecular complexity index is 968. The van der Waals surface area contributed by atoms with Gasteiger partial charge >= 0.3 is 0 Å². The first-order chi connectivity index (χ1) is 13.3. The predicted octanol–water partition coefficient (Wildman–Crippen LogP) is 4.57. The highest BCUT2D eigenvalue weighted by Crippen LogP contribution is 2.38. The summed E-state index contributed by atoms with van der Waals surface area (Å²) in [7, 11) is 1.62. The fraction of sp³-hybridized carbons (Fsp3) is 0.174. The number of nitrogens with one attached hydrogen (secondary N) is 1. The van der Waals surface area contributed by atoms with Crippen LogP contribution in [-0.2, 0) is 17.6 Å². The van der Waals surface area contributed by atoms with E-state index in [4.69, 9.17) is 4.74 Å². The van der Waals surface area contributed by atoms with Crippen LogP contribution in [0, 0.1) is 0 Å². The molecule has 0 aliphatic carbocycles. The van der Waals surface area contributed by atoms with Crippen LogP contribution in [-0.4, -0.2) is 19.6 Å². The molecule has 3 aromatic carbocycles. The summed E-state index contributed by atoms with van der Waals surface area (Å²) in [6.45, 7) is 0.915. The zero-order valence-corrected chi connectivity index (χ0v) is 15.3. The topological polar surface area (TPSA) is 41.6 Å². The Hall–Kier alpha value is -3.27. The second kappa shape index (κ2) is 7.54. The van der Waals surface area contributed by atoms with Crippen LogP contribution in [0.2, 0.25) is 0 Å². The Morgan fingerprint density at radius 1 is 0.963 bits per heavy atom. The van der Waals surface area contributed by atoms with Crippen LogP contribution in [0.4, 0.5) is 17.1 Å². The van der Waals surface area contributed by atoms with Crippen molar-refractivity contribution < 1.29 is 9.53 Å². The summed E-state index contributed by atoms with van der Waals surface area (Å²) in [6, 6.07) is 24.0. The van der Waals surface area contributed by atoms with E-state index in [0.29, 0.717) is 0 Å². The molecule has 0 aromatic heterocycles. The Morgan fingerprint density at radius 2 is 1.67 bits per heavy atom. The number of methoxy groups -OCH3 is 1. The number of fused-ring (bicyclic) bond motifs is 1. The first-order valence-electron chi connectivity index (χ1n) is 9.12. The number of amides is 1. The molecule has 136 valence electrons. The summed E-state index contributed by atoms with van der Waals surface area (Å²) >= 11 is 0. The zero-order chi connectivity index (χ0) is 18.6. The van der Waals surface area contributed by atoms with Crippen molar-refractivity contribution in [2.75, 3.05) is 23.9 Å². The van der Waals surface area contributed by atoms with E-state index in [1.165, 1.54) is 11.3 Å². The summed E-state index contributed by atoms with van der Waals surface area (Å²) in [4.78, 5) is 14.9. The number of ether oxygens (including phenoxy) is 1. The molecule has 0 fully saturated rings. The lowest BCUT2D eigenvalue weighted by atomic mass is 10.1. The van der Waals surface area contributed by atoms with Crippen LogP contribution in [0.25, 0.3) is 0 Å². The molecule has 0 bridgehead atoms. The summed E-state index contributed by atoms with van der Waals surface area (Å²) in [5.41, 5.74) is 5.28. The quantitative estimate of drug-likeness (QED) is 0.726. The highest BCUT2D eigenvalue weighted by Gasteiger charge is 2.22. The smallest absolute Gasteiger partial charge is 0.228 e. The number of nitrogens with zero attached hydrogens (tertiary/aromatic N) is 1. The van der Waals surface area contributed by atoms with E-state index in [1.807, 2.05) is 42.5 Å². The molecule has 0 radical (unpaired) electrons. The lowest BCUT2D eigenvalue weighted by Crippen LogP contribution is -2.19. The van der Waals surface area contributed by atoms with E-state index < -0.39 is 0 Å². The van der Waals surface area contributed by atoms with Gasteiger partial charge in [0.25, 0.3) is 0 Å². The molecule has 1 N–H and O–H groups in total. The molecule has 0 unspecified atom stereocenters. The lowest BCUT2D eigenvalue weighted by Gasteiger charge is -2.23. The molecule has 4 nitrogen and oxygen atoms in total. The number of para-hydroxylation sites is 4. The van der Waals surface area contributed by atoms with Gasteiger partial charge in [-0.2, -0.15) is 0 Å². The number of rotatable bonds is 5. The first-order valence-corrected chi connectivity index (χ1v) is 9.12. The molecule has 0 atom stereocenters. The Morgan fingerprint density at radius 3 is 2.52 bits per heavy atom. The zero-order valence-electron chi connectivity index (χ0n) is 15.3. The minimum atomic E-state index is -0.0561. The van der Waals surface area contributed by atoms with Crippen molar-refractivity contribution in [1.29, 1.82) is 0 Å². The van der Waals surface area contributed by atoms with Gasteiger partial charge in [-0.05, 0) is 36.2 Å². The van der Waals surface area contributed by atoms with Gasteiger partial charge in [0.05, 0.1) is 24.9 Å². The summed E-state index contributed by atoms with van der Waals surface area (Å²) in [5.74, 6) is 0.675. The fourth-order valence-corrected chi connectivity index (χ4v) is 3.62. The van der Waals surface area contributed by atoms with E-state index in [9.17, 15) is 4.79 Å². The third-order valence-electron chi connectivity index (χ3n) is 4.90. The van der Waals surface area contributed by atoms with E-state index in [2.05, 4.69) is 40.5 Å². The molecule has 1 amide bonds. The number of hydrogen-bond donors (Lipinski definition) is 1. The van der Waals surface area contributed by atoms with Gasteiger partial charge in [-0.15, -0.1) is 0 Å². The minimum Gasteiger partial charge on any atom is -0.496 e. The molecule has 1 aliphatic heterocycles. The third-order valence-corrected chi connectivity index (χ3v) is 4.90.